The first-order valence-electron chi connectivity index (χ1n) is 7.43. The van der Waals surface area contributed by atoms with Gasteiger partial charge in [0.25, 0.3) is 5.91 Å². The van der Waals surface area contributed by atoms with Gasteiger partial charge in [0.2, 0.25) is 5.91 Å². The summed E-state index contributed by atoms with van der Waals surface area (Å²) in [5.74, 6) is 0.410. The van der Waals surface area contributed by atoms with Crippen molar-refractivity contribution in [2.24, 2.45) is 0 Å². The zero-order valence-corrected chi connectivity index (χ0v) is 13.4. The Labute approximate surface area is 131 Å². The Bertz CT molecular complexity index is 503. The van der Waals surface area contributed by atoms with Crippen molar-refractivity contribution in [1.82, 2.24) is 10.9 Å². The number of hydrogen-bond acceptors (Lipinski definition) is 4. The standard InChI is InChI=1S/C16H24N2O4/c1-4-5-6-7-8-15(19)17-18-16(20)12-9-10-13(21-2)14(11-12)22-3/h9-11H,4-8H2,1-3H3,(H,17,19)(H,18,20). The van der Waals surface area contributed by atoms with Gasteiger partial charge in [0.15, 0.2) is 11.5 Å². The molecule has 0 atom stereocenters. The summed E-state index contributed by atoms with van der Waals surface area (Å²) in [6.07, 6.45) is 4.49. The molecule has 0 bridgehead atoms. The number of unbranched alkanes of at least 4 members (excludes halogenated alkanes) is 3. The van der Waals surface area contributed by atoms with Crippen molar-refractivity contribution in [3.63, 3.8) is 0 Å². The van der Waals surface area contributed by atoms with E-state index < -0.39 is 5.91 Å². The third kappa shape index (κ3) is 5.63. The van der Waals surface area contributed by atoms with Crippen molar-refractivity contribution < 1.29 is 19.1 Å². The van der Waals surface area contributed by atoms with E-state index in [4.69, 9.17) is 9.47 Å². The highest BCUT2D eigenvalue weighted by atomic mass is 16.5. The third-order valence-electron chi connectivity index (χ3n) is 3.22. The maximum Gasteiger partial charge on any atom is 0.269 e. The summed E-state index contributed by atoms with van der Waals surface area (Å²) in [7, 11) is 3.02. The molecule has 0 radical (unpaired) electrons. The maximum atomic E-state index is 12.0. The number of nitrogens with one attached hydrogen (secondary N) is 2. The normalized spacial score (nSPS) is 9.95. The van der Waals surface area contributed by atoms with E-state index in [9.17, 15) is 9.59 Å². The molecule has 1 rings (SSSR count). The van der Waals surface area contributed by atoms with Gasteiger partial charge in [0.1, 0.15) is 0 Å². The van der Waals surface area contributed by atoms with Crippen LogP contribution in [-0.2, 0) is 4.79 Å². The summed E-state index contributed by atoms with van der Waals surface area (Å²) in [5, 5.41) is 0. The summed E-state index contributed by atoms with van der Waals surface area (Å²) in [6.45, 7) is 2.11. The molecule has 0 aromatic heterocycles. The van der Waals surface area contributed by atoms with Crippen molar-refractivity contribution in [1.29, 1.82) is 0 Å². The first kappa shape index (κ1) is 17.8. The molecule has 0 unspecified atom stereocenters. The fraction of sp³-hybridized carbons (Fsp3) is 0.500. The Morgan fingerprint density at radius 1 is 1.00 bits per heavy atom. The molecule has 0 aliphatic heterocycles. The number of hydrazine groups is 1. The largest absolute Gasteiger partial charge is 0.493 e. The molecule has 1 aromatic rings. The van der Waals surface area contributed by atoms with Crippen LogP contribution in [0.5, 0.6) is 11.5 Å². The molecule has 1 aromatic carbocycles. The minimum absolute atomic E-state index is 0.190. The number of carbonyl (C=O) groups excluding carboxylic acids is 2. The average molecular weight is 308 g/mol. The van der Waals surface area contributed by atoms with Crippen molar-refractivity contribution in [3.05, 3.63) is 23.8 Å². The van der Waals surface area contributed by atoms with Crippen LogP contribution < -0.4 is 20.3 Å². The van der Waals surface area contributed by atoms with Crippen molar-refractivity contribution >= 4 is 11.8 Å². The van der Waals surface area contributed by atoms with E-state index in [1.807, 2.05) is 0 Å². The van der Waals surface area contributed by atoms with E-state index in [1.54, 1.807) is 18.2 Å². The summed E-state index contributed by atoms with van der Waals surface area (Å²) < 4.78 is 10.2. The Morgan fingerprint density at radius 2 is 1.73 bits per heavy atom. The predicted octanol–water partition coefficient (Wildman–Crippen LogP) is 2.44. The fourth-order valence-electron chi connectivity index (χ4n) is 1.95. The molecular formula is C16H24N2O4. The lowest BCUT2D eigenvalue weighted by atomic mass is 10.1. The molecule has 2 N–H and O–H groups in total. The van der Waals surface area contributed by atoms with Gasteiger partial charge < -0.3 is 9.47 Å². The number of carbonyl (C=O) groups is 2. The highest BCUT2D eigenvalue weighted by Crippen LogP contribution is 2.27. The van der Waals surface area contributed by atoms with Crippen LogP contribution in [0, 0.1) is 0 Å². The molecule has 0 heterocycles. The minimum atomic E-state index is -0.400. The lowest BCUT2D eigenvalue weighted by Crippen LogP contribution is -2.41. The highest BCUT2D eigenvalue weighted by molar-refractivity contribution is 5.96. The molecule has 0 aliphatic rings. The highest BCUT2D eigenvalue weighted by Gasteiger charge is 2.11. The molecule has 0 saturated heterocycles. The Kier molecular flexibility index (Phi) is 7.81. The molecule has 0 fully saturated rings. The van der Waals surface area contributed by atoms with E-state index in [1.165, 1.54) is 14.2 Å². The van der Waals surface area contributed by atoms with Crippen LogP contribution in [0.4, 0.5) is 0 Å². The number of benzene rings is 1. The lowest BCUT2D eigenvalue weighted by molar-refractivity contribution is -0.122. The maximum absolute atomic E-state index is 12.0. The van der Waals surface area contributed by atoms with Crippen LogP contribution in [0.25, 0.3) is 0 Å². The zero-order chi connectivity index (χ0) is 16.4. The number of amides is 2. The number of hydrogen-bond donors (Lipinski definition) is 2. The van der Waals surface area contributed by atoms with E-state index in [2.05, 4.69) is 17.8 Å². The molecule has 6 nitrogen and oxygen atoms in total. The first-order chi connectivity index (χ1) is 10.6. The molecule has 0 aliphatic carbocycles. The minimum Gasteiger partial charge on any atom is -0.493 e. The second kappa shape index (κ2) is 9.65. The van der Waals surface area contributed by atoms with Crippen molar-refractivity contribution in [2.45, 2.75) is 39.0 Å². The number of rotatable bonds is 8. The monoisotopic (exact) mass is 308 g/mol. The van der Waals surface area contributed by atoms with E-state index >= 15 is 0 Å². The third-order valence-corrected chi connectivity index (χ3v) is 3.22. The van der Waals surface area contributed by atoms with Crippen LogP contribution >= 0.6 is 0 Å². The van der Waals surface area contributed by atoms with Gasteiger partial charge in [-0.1, -0.05) is 26.2 Å². The quantitative estimate of drug-likeness (QED) is 0.571. The Morgan fingerprint density at radius 3 is 2.36 bits per heavy atom. The second-order valence-corrected chi connectivity index (χ2v) is 4.88. The van der Waals surface area contributed by atoms with Crippen LogP contribution in [0.3, 0.4) is 0 Å². The molecule has 0 spiro atoms. The molecule has 6 heteroatoms. The van der Waals surface area contributed by atoms with E-state index in [0.29, 0.717) is 23.5 Å². The molecule has 22 heavy (non-hydrogen) atoms. The smallest absolute Gasteiger partial charge is 0.269 e. The molecule has 122 valence electrons. The summed E-state index contributed by atoms with van der Waals surface area (Å²) >= 11 is 0. The van der Waals surface area contributed by atoms with Gasteiger partial charge in [-0.25, -0.2) is 0 Å². The summed E-state index contributed by atoms with van der Waals surface area (Å²) in [6, 6.07) is 4.80. The van der Waals surface area contributed by atoms with Crippen molar-refractivity contribution in [3.8, 4) is 11.5 Å². The summed E-state index contributed by atoms with van der Waals surface area (Å²) in [4.78, 5) is 23.6. The molecule has 0 saturated carbocycles. The Balaban J connectivity index is 2.46. The predicted molar refractivity (Wildman–Crippen MR) is 83.9 cm³/mol. The van der Waals surface area contributed by atoms with Crippen LogP contribution in [0.1, 0.15) is 49.4 Å². The Hall–Kier alpha value is -2.24. The van der Waals surface area contributed by atoms with E-state index in [-0.39, 0.29) is 5.91 Å². The molecule has 2 amide bonds. The fourth-order valence-corrected chi connectivity index (χ4v) is 1.95. The van der Waals surface area contributed by atoms with Gasteiger partial charge in [-0.3, -0.25) is 20.4 Å². The average Bonchev–Trinajstić information content (AvgIpc) is 2.55. The van der Waals surface area contributed by atoms with Crippen LogP contribution in [0.2, 0.25) is 0 Å². The number of methoxy groups -OCH3 is 2. The number of ether oxygens (including phenoxy) is 2. The van der Waals surface area contributed by atoms with Gasteiger partial charge in [-0.2, -0.15) is 0 Å². The van der Waals surface area contributed by atoms with Gasteiger partial charge >= 0.3 is 0 Å². The zero-order valence-electron chi connectivity index (χ0n) is 13.4. The lowest BCUT2D eigenvalue weighted by Gasteiger charge is -2.10. The van der Waals surface area contributed by atoms with Gasteiger partial charge in [0.05, 0.1) is 14.2 Å². The van der Waals surface area contributed by atoms with Crippen LogP contribution in [-0.4, -0.2) is 26.0 Å². The van der Waals surface area contributed by atoms with Crippen LogP contribution in [0.15, 0.2) is 18.2 Å². The molecular weight excluding hydrogens is 284 g/mol. The SMILES string of the molecule is CCCCCCC(=O)NNC(=O)c1ccc(OC)c(OC)c1. The van der Waals surface area contributed by atoms with Gasteiger partial charge in [-0.15, -0.1) is 0 Å². The van der Waals surface area contributed by atoms with Gasteiger partial charge in [-0.05, 0) is 24.6 Å². The van der Waals surface area contributed by atoms with Gasteiger partial charge in [0, 0.05) is 12.0 Å². The second-order valence-electron chi connectivity index (χ2n) is 4.88. The topological polar surface area (TPSA) is 76.7 Å². The van der Waals surface area contributed by atoms with E-state index in [0.717, 1.165) is 25.7 Å². The summed E-state index contributed by atoms with van der Waals surface area (Å²) in [5.41, 5.74) is 5.19. The first-order valence-corrected chi connectivity index (χ1v) is 7.43. The van der Waals surface area contributed by atoms with Crippen molar-refractivity contribution in [2.75, 3.05) is 14.2 Å².